The Bertz CT molecular complexity index is 826. The van der Waals surface area contributed by atoms with Crippen molar-refractivity contribution in [1.29, 1.82) is 0 Å². The summed E-state index contributed by atoms with van der Waals surface area (Å²) >= 11 is 0. The van der Waals surface area contributed by atoms with Gasteiger partial charge in [-0.15, -0.1) is 0 Å². The van der Waals surface area contributed by atoms with Gasteiger partial charge in [-0.2, -0.15) is 0 Å². The zero-order valence-electron chi connectivity index (χ0n) is 14.2. The Balaban J connectivity index is 1.71. The number of aromatic hydroxyl groups is 1. The molecule has 2 aliphatic rings. The third-order valence-electron chi connectivity index (χ3n) is 5.21. The van der Waals surface area contributed by atoms with E-state index in [9.17, 15) is 9.90 Å². The molecule has 0 saturated carbocycles. The lowest BCUT2D eigenvalue weighted by atomic mass is 9.76. The molecule has 2 aromatic carbocycles. The van der Waals surface area contributed by atoms with Crippen LogP contribution in [0.3, 0.4) is 0 Å². The predicted octanol–water partition coefficient (Wildman–Crippen LogP) is 3.97. The molecule has 0 radical (unpaired) electrons. The van der Waals surface area contributed by atoms with Crippen LogP contribution in [0.25, 0.3) is 0 Å². The maximum Gasteiger partial charge on any atom is 0.251 e. The predicted molar refractivity (Wildman–Crippen MR) is 98.9 cm³/mol. The highest BCUT2D eigenvalue weighted by Crippen LogP contribution is 2.50. The Morgan fingerprint density at radius 2 is 2.04 bits per heavy atom. The van der Waals surface area contributed by atoms with E-state index in [4.69, 9.17) is 0 Å². The van der Waals surface area contributed by atoms with Crippen LogP contribution in [0.15, 0.2) is 54.6 Å². The smallest absolute Gasteiger partial charge is 0.251 e. The molecule has 3 atom stereocenters. The zero-order valence-corrected chi connectivity index (χ0v) is 14.2. The first kappa shape index (κ1) is 15.8. The number of amides is 1. The fraction of sp³-hybridized carbons (Fsp3) is 0.286. The summed E-state index contributed by atoms with van der Waals surface area (Å²) in [5, 5.41) is 16.1. The van der Waals surface area contributed by atoms with Gasteiger partial charge in [-0.1, -0.05) is 24.3 Å². The molecule has 4 rings (SSSR count). The van der Waals surface area contributed by atoms with E-state index in [1.54, 1.807) is 12.1 Å². The average molecular weight is 334 g/mol. The van der Waals surface area contributed by atoms with Crippen molar-refractivity contribution in [1.82, 2.24) is 5.32 Å². The number of hydrogen-bond donors (Lipinski definition) is 3. The number of nitrogens with one attached hydrogen (secondary N) is 2. The molecule has 1 aliphatic carbocycles. The molecular weight excluding hydrogens is 312 g/mol. The van der Waals surface area contributed by atoms with E-state index < -0.39 is 0 Å². The number of fused-ring (bicyclic) bond motifs is 3. The van der Waals surface area contributed by atoms with Gasteiger partial charge in [0, 0.05) is 23.7 Å². The highest BCUT2D eigenvalue weighted by molar-refractivity contribution is 5.95. The first-order valence-electron chi connectivity index (χ1n) is 8.81. The van der Waals surface area contributed by atoms with Gasteiger partial charge in [-0.05, 0) is 60.7 Å². The molecule has 0 spiro atoms. The number of anilines is 1. The summed E-state index contributed by atoms with van der Waals surface area (Å²) in [6.07, 6.45) is 5.51. The molecule has 0 aromatic heterocycles. The van der Waals surface area contributed by atoms with E-state index in [-0.39, 0.29) is 17.7 Å². The highest BCUT2D eigenvalue weighted by atomic mass is 16.3. The van der Waals surface area contributed by atoms with Gasteiger partial charge in [-0.3, -0.25) is 4.79 Å². The van der Waals surface area contributed by atoms with Crippen molar-refractivity contribution in [3.63, 3.8) is 0 Å². The topological polar surface area (TPSA) is 61.4 Å². The number of benzene rings is 2. The number of carbonyl (C=O) groups is 1. The van der Waals surface area contributed by atoms with E-state index >= 15 is 0 Å². The normalized spacial score (nSPS) is 23.5. The van der Waals surface area contributed by atoms with E-state index in [1.165, 1.54) is 11.1 Å². The molecule has 0 saturated heterocycles. The van der Waals surface area contributed by atoms with E-state index in [0.717, 1.165) is 12.1 Å². The molecule has 0 fully saturated rings. The summed E-state index contributed by atoms with van der Waals surface area (Å²) < 4.78 is 0. The Morgan fingerprint density at radius 1 is 1.24 bits per heavy atom. The monoisotopic (exact) mass is 334 g/mol. The average Bonchev–Trinajstić information content (AvgIpc) is 3.11. The minimum atomic E-state index is -0.0236. The van der Waals surface area contributed by atoms with Crippen molar-refractivity contribution < 1.29 is 9.90 Å². The first-order valence-corrected chi connectivity index (χ1v) is 8.81. The molecule has 0 bridgehead atoms. The summed E-state index contributed by atoms with van der Waals surface area (Å²) in [5.41, 5.74) is 4.16. The fourth-order valence-electron chi connectivity index (χ4n) is 4.01. The first-order chi connectivity index (χ1) is 12.2. The fourth-order valence-corrected chi connectivity index (χ4v) is 4.01. The molecule has 3 unspecified atom stereocenters. The van der Waals surface area contributed by atoms with E-state index in [2.05, 4.69) is 22.8 Å². The number of carbonyl (C=O) groups excluding carboxylic acids is 1. The third kappa shape index (κ3) is 2.78. The van der Waals surface area contributed by atoms with E-state index in [1.807, 2.05) is 37.3 Å². The number of allylic oxidation sites excluding steroid dienone is 2. The molecular formula is C21H22N2O2. The van der Waals surface area contributed by atoms with Gasteiger partial charge in [0.05, 0.1) is 6.04 Å². The second kappa shape index (κ2) is 6.28. The van der Waals surface area contributed by atoms with E-state index in [0.29, 0.717) is 23.9 Å². The molecule has 2 aromatic rings. The van der Waals surface area contributed by atoms with Gasteiger partial charge in [0.25, 0.3) is 5.91 Å². The molecule has 4 heteroatoms. The zero-order chi connectivity index (χ0) is 17.4. The van der Waals surface area contributed by atoms with Crippen LogP contribution in [0.2, 0.25) is 0 Å². The van der Waals surface area contributed by atoms with Crippen molar-refractivity contribution in [2.75, 3.05) is 11.9 Å². The van der Waals surface area contributed by atoms with Gasteiger partial charge >= 0.3 is 0 Å². The Kier molecular flexibility index (Phi) is 3.96. The van der Waals surface area contributed by atoms with Gasteiger partial charge in [0.2, 0.25) is 0 Å². The lowest BCUT2D eigenvalue weighted by Crippen LogP contribution is -2.30. The summed E-state index contributed by atoms with van der Waals surface area (Å²) in [7, 11) is 0. The minimum Gasteiger partial charge on any atom is -0.508 e. The second-order valence-electron chi connectivity index (χ2n) is 6.73. The van der Waals surface area contributed by atoms with Crippen LogP contribution in [0.1, 0.15) is 46.8 Å². The number of rotatable bonds is 3. The van der Waals surface area contributed by atoms with Crippen molar-refractivity contribution in [2.24, 2.45) is 5.92 Å². The molecule has 4 nitrogen and oxygen atoms in total. The van der Waals surface area contributed by atoms with Gasteiger partial charge in [0.15, 0.2) is 0 Å². The molecule has 1 amide bonds. The van der Waals surface area contributed by atoms with Crippen LogP contribution in [-0.2, 0) is 0 Å². The van der Waals surface area contributed by atoms with Crippen molar-refractivity contribution >= 4 is 11.6 Å². The molecule has 25 heavy (non-hydrogen) atoms. The van der Waals surface area contributed by atoms with Crippen LogP contribution < -0.4 is 10.6 Å². The summed E-state index contributed by atoms with van der Waals surface area (Å²) in [4.78, 5) is 12.2. The molecule has 1 heterocycles. The van der Waals surface area contributed by atoms with Crippen LogP contribution in [-0.4, -0.2) is 17.6 Å². The minimum absolute atomic E-state index is 0.0236. The lowest BCUT2D eigenvalue weighted by Gasteiger charge is -2.37. The Labute approximate surface area is 147 Å². The largest absolute Gasteiger partial charge is 0.508 e. The van der Waals surface area contributed by atoms with Crippen LogP contribution >= 0.6 is 0 Å². The SMILES string of the molecule is CCNC(=O)c1ccc2c(c1)C1C=CCC1C(c1ccc(O)cc1)N2. The van der Waals surface area contributed by atoms with Gasteiger partial charge < -0.3 is 15.7 Å². The quantitative estimate of drug-likeness (QED) is 0.744. The summed E-state index contributed by atoms with van der Waals surface area (Å²) in [5.74, 6) is 0.989. The van der Waals surface area contributed by atoms with Crippen LogP contribution in [0.5, 0.6) is 5.75 Å². The highest BCUT2D eigenvalue weighted by Gasteiger charge is 2.38. The number of phenols is 1. The van der Waals surface area contributed by atoms with Crippen LogP contribution in [0.4, 0.5) is 5.69 Å². The maximum absolute atomic E-state index is 12.2. The number of phenolic OH excluding ortho intramolecular Hbond substituents is 1. The van der Waals surface area contributed by atoms with Gasteiger partial charge in [-0.25, -0.2) is 0 Å². The molecule has 1 aliphatic heterocycles. The second-order valence-corrected chi connectivity index (χ2v) is 6.73. The van der Waals surface area contributed by atoms with Crippen molar-refractivity contribution in [2.45, 2.75) is 25.3 Å². The van der Waals surface area contributed by atoms with Crippen LogP contribution in [0, 0.1) is 5.92 Å². The lowest BCUT2D eigenvalue weighted by molar-refractivity contribution is 0.0955. The maximum atomic E-state index is 12.2. The standard InChI is InChI=1S/C21H22N2O2/c1-2-22-21(25)14-8-11-19-18(12-14)16-4-3-5-17(16)20(23-19)13-6-9-15(24)10-7-13/h3-4,6-12,16-17,20,23-24H,2,5H2,1H3,(H,22,25). The molecule has 3 N–H and O–H groups in total. The third-order valence-corrected chi connectivity index (χ3v) is 5.21. The Hall–Kier alpha value is -2.75. The summed E-state index contributed by atoms with van der Waals surface area (Å²) in [6, 6.07) is 13.5. The van der Waals surface area contributed by atoms with Crippen molar-refractivity contribution in [3.05, 3.63) is 71.3 Å². The molecule has 128 valence electrons. The Morgan fingerprint density at radius 3 is 2.80 bits per heavy atom. The number of hydrogen-bond acceptors (Lipinski definition) is 3. The summed E-state index contributed by atoms with van der Waals surface area (Å²) in [6.45, 7) is 2.55. The van der Waals surface area contributed by atoms with Gasteiger partial charge in [0.1, 0.15) is 5.75 Å². The van der Waals surface area contributed by atoms with Crippen molar-refractivity contribution in [3.8, 4) is 5.75 Å².